The molecule has 92 valence electrons. The minimum atomic E-state index is 0.358. The van der Waals surface area contributed by atoms with Gasteiger partial charge in [0.05, 0.1) is 5.69 Å². The van der Waals surface area contributed by atoms with Crippen molar-refractivity contribution >= 4 is 11.3 Å². The van der Waals surface area contributed by atoms with E-state index in [-0.39, 0.29) is 0 Å². The minimum absolute atomic E-state index is 0.358. The molecule has 0 spiro atoms. The largest absolute Gasteiger partial charge is 0.343 e. The van der Waals surface area contributed by atoms with Gasteiger partial charge in [-0.15, -0.1) is 11.3 Å². The number of aryl methyl sites for hydroxylation is 1. The normalized spacial score (nSPS) is 12.9. The van der Waals surface area contributed by atoms with Crippen molar-refractivity contribution in [2.24, 2.45) is 0 Å². The third kappa shape index (κ3) is 2.73. The Bertz CT molecular complexity index is 461. The zero-order valence-corrected chi connectivity index (χ0v) is 11.3. The van der Waals surface area contributed by atoms with Gasteiger partial charge in [-0.3, -0.25) is 0 Å². The summed E-state index contributed by atoms with van der Waals surface area (Å²) in [6.07, 6.45) is 4.72. The molecule has 0 saturated heterocycles. The van der Waals surface area contributed by atoms with Crippen LogP contribution in [0.15, 0.2) is 12.4 Å². The average Bonchev–Trinajstić information content (AvgIpc) is 2.94. The first kappa shape index (κ1) is 12.3. The highest BCUT2D eigenvalue weighted by atomic mass is 32.1. The molecule has 0 amide bonds. The van der Waals surface area contributed by atoms with Gasteiger partial charge in [0, 0.05) is 23.3 Å². The lowest BCUT2D eigenvalue weighted by molar-refractivity contribution is 0.575. The fourth-order valence-corrected chi connectivity index (χ4v) is 2.80. The van der Waals surface area contributed by atoms with Crippen molar-refractivity contribution in [1.29, 1.82) is 0 Å². The highest BCUT2D eigenvalue weighted by Gasteiger charge is 2.15. The van der Waals surface area contributed by atoms with Gasteiger partial charge in [-0.2, -0.15) is 0 Å². The number of aromatic amines is 1. The number of hydrogen-bond donors (Lipinski definition) is 2. The minimum Gasteiger partial charge on any atom is -0.343 e. The van der Waals surface area contributed by atoms with Gasteiger partial charge in [0.1, 0.15) is 0 Å². The van der Waals surface area contributed by atoms with Crippen LogP contribution in [0.4, 0.5) is 0 Å². The van der Waals surface area contributed by atoms with Crippen LogP contribution in [0.2, 0.25) is 0 Å². The van der Waals surface area contributed by atoms with Gasteiger partial charge in [-0.25, -0.2) is 9.97 Å². The Labute approximate surface area is 106 Å². The summed E-state index contributed by atoms with van der Waals surface area (Å²) in [5.74, 6) is 0.854. The lowest BCUT2D eigenvalue weighted by atomic mass is 10.2. The number of imidazole rings is 1. The standard InChI is InChI=1S/C12H18N4S/c1-4-5-13-8(2)10-9(3)16-12(17-10)11-14-6-7-15-11/h6-8,13H,4-5H2,1-3H3,(H,14,15). The molecular formula is C12H18N4S. The van der Waals surface area contributed by atoms with Crippen molar-refractivity contribution in [3.05, 3.63) is 23.0 Å². The van der Waals surface area contributed by atoms with Crippen LogP contribution in [0.1, 0.15) is 36.9 Å². The van der Waals surface area contributed by atoms with Crippen LogP contribution in [-0.2, 0) is 0 Å². The third-order valence-corrected chi connectivity index (χ3v) is 3.97. The lowest BCUT2D eigenvalue weighted by Crippen LogP contribution is -2.18. The van der Waals surface area contributed by atoms with Crippen molar-refractivity contribution in [3.63, 3.8) is 0 Å². The molecule has 0 bridgehead atoms. The van der Waals surface area contributed by atoms with Gasteiger partial charge in [0.15, 0.2) is 10.8 Å². The van der Waals surface area contributed by atoms with Crippen LogP contribution in [-0.4, -0.2) is 21.5 Å². The molecule has 0 aliphatic rings. The molecule has 0 aromatic carbocycles. The lowest BCUT2D eigenvalue weighted by Gasteiger charge is -2.11. The van der Waals surface area contributed by atoms with E-state index in [0.717, 1.165) is 29.5 Å². The van der Waals surface area contributed by atoms with Crippen molar-refractivity contribution in [3.8, 4) is 10.8 Å². The number of thiazole rings is 1. The molecule has 5 heteroatoms. The van der Waals surface area contributed by atoms with E-state index in [4.69, 9.17) is 0 Å². The summed E-state index contributed by atoms with van der Waals surface area (Å²) in [5.41, 5.74) is 1.09. The van der Waals surface area contributed by atoms with Crippen molar-refractivity contribution in [2.75, 3.05) is 6.54 Å². The molecule has 2 N–H and O–H groups in total. The fraction of sp³-hybridized carbons (Fsp3) is 0.500. The number of H-pyrrole nitrogens is 1. The van der Waals surface area contributed by atoms with E-state index in [1.165, 1.54) is 4.88 Å². The molecule has 4 nitrogen and oxygen atoms in total. The highest BCUT2D eigenvalue weighted by Crippen LogP contribution is 2.29. The monoisotopic (exact) mass is 250 g/mol. The fourth-order valence-electron chi connectivity index (χ4n) is 1.75. The van der Waals surface area contributed by atoms with E-state index in [2.05, 4.69) is 41.0 Å². The maximum atomic E-state index is 4.57. The van der Waals surface area contributed by atoms with Crippen LogP contribution in [0, 0.1) is 6.92 Å². The first-order valence-electron chi connectivity index (χ1n) is 5.92. The van der Waals surface area contributed by atoms with Gasteiger partial charge in [0.25, 0.3) is 0 Å². The van der Waals surface area contributed by atoms with Crippen LogP contribution in [0.3, 0.4) is 0 Å². The molecule has 1 unspecified atom stereocenters. The number of rotatable bonds is 5. The molecule has 2 aromatic heterocycles. The zero-order valence-electron chi connectivity index (χ0n) is 10.4. The van der Waals surface area contributed by atoms with Crippen LogP contribution in [0.5, 0.6) is 0 Å². The SMILES string of the molecule is CCCNC(C)c1sc(-c2ncc[nH]2)nc1C. The number of aromatic nitrogens is 3. The van der Waals surface area contributed by atoms with Crippen LogP contribution in [0.25, 0.3) is 10.8 Å². The smallest absolute Gasteiger partial charge is 0.166 e. The molecule has 0 aliphatic carbocycles. The Morgan fingerprint density at radius 2 is 2.35 bits per heavy atom. The van der Waals surface area contributed by atoms with E-state index in [9.17, 15) is 0 Å². The first-order valence-corrected chi connectivity index (χ1v) is 6.74. The molecule has 0 aliphatic heterocycles. The molecule has 0 saturated carbocycles. The van der Waals surface area contributed by atoms with Gasteiger partial charge < -0.3 is 10.3 Å². The van der Waals surface area contributed by atoms with Gasteiger partial charge in [-0.05, 0) is 26.8 Å². The van der Waals surface area contributed by atoms with Crippen molar-refractivity contribution < 1.29 is 0 Å². The van der Waals surface area contributed by atoms with Gasteiger partial charge in [-0.1, -0.05) is 6.92 Å². The molecule has 2 rings (SSSR count). The zero-order chi connectivity index (χ0) is 12.3. The topological polar surface area (TPSA) is 53.6 Å². The Morgan fingerprint density at radius 1 is 1.53 bits per heavy atom. The Morgan fingerprint density at radius 3 is 3.00 bits per heavy atom. The maximum Gasteiger partial charge on any atom is 0.166 e. The Kier molecular flexibility index (Phi) is 3.91. The first-order chi connectivity index (χ1) is 8.22. The second kappa shape index (κ2) is 5.42. The Balaban J connectivity index is 2.19. The number of nitrogens with zero attached hydrogens (tertiary/aromatic N) is 2. The second-order valence-corrected chi connectivity index (χ2v) is 5.11. The molecule has 0 fully saturated rings. The summed E-state index contributed by atoms with van der Waals surface area (Å²) in [4.78, 5) is 13.2. The third-order valence-electron chi connectivity index (χ3n) is 2.63. The highest BCUT2D eigenvalue weighted by molar-refractivity contribution is 7.15. The van der Waals surface area contributed by atoms with E-state index in [1.807, 2.05) is 6.20 Å². The quantitative estimate of drug-likeness (QED) is 0.858. The molecule has 2 aromatic rings. The summed E-state index contributed by atoms with van der Waals surface area (Å²) in [7, 11) is 0. The maximum absolute atomic E-state index is 4.57. The predicted molar refractivity (Wildman–Crippen MR) is 71.1 cm³/mol. The van der Waals surface area contributed by atoms with E-state index in [0.29, 0.717) is 6.04 Å². The van der Waals surface area contributed by atoms with E-state index in [1.54, 1.807) is 17.5 Å². The van der Waals surface area contributed by atoms with E-state index < -0.39 is 0 Å². The summed E-state index contributed by atoms with van der Waals surface area (Å²) in [6.45, 7) is 7.45. The average molecular weight is 250 g/mol. The Hall–Kier alpha value is -1.20. The predicted octanol–water partition coefficient (Wildman–Crippen LogP) is 2.90. The van der Waals surface area contributed by atoms with Crippen LogP contribution >= 0.6 is 11.3 Å². The molecule has 17 heavy (non-hydrogen) atoms. The second-order valence-electron chi connectivity index (χ2n) is 4.08. The summed E-state index contributed by atoms with van der Waals surface area (Å²) in [5, 5.41) is 4.45. The number of nitrogens with one attached hydrogen (secondary N) is 2. The number of hydrogen-bond acceptors (Lipinski definition) is 4. The molecule has 1 atom stereocenters. The summed E-state index contributed by atoms with van der Waals surface area (Å²) in [6, 6.07) is 0.358. The van der Waals surface area contributed by atoms with Crippen LogP contribution < -0.4 is 5.32 Å². The van der Waals surface area contributed by atoms with Crippen molar-refractivity contribution in [1.82, 2.24) is 20.3 Å². The molecular weight excluding hydrogens is 232 g/mol. The van der Waals surface area contributed by atoms with Crippen molar-refractivity contribution in [2.45, 2.75) is 33.2 Å². The van der Waals surface area contributed by atoms with Gasteiger partial charge >= 0.3 is 0 Å². The molecule has 0 radical (unpaired) electrons. The summed E-state index contributed by atoms with van der Waals surface area (Å²) >= 11 is 1.71. The summed E-state index contributed by atoms with van der Waals surface area (Å²) < 4.78 is 0. The van der Waals surface area contributed by atoms with E-state index >= 15 is 0 Å². The van der Waals surface area contributed by atoms with Gasteiger partial charge in [0.2, 0.25) is 0 Å². The molecule has 2 heterocycles.